The lowest BCUT2D eigenvalue weighted by Crippen LogP contribution is -2.49. The molecule has 158 valence electrons. The number of aromatic nitrogens is 2. The summed E-state index contributed by atoms with van der Waals surface area (Å²) in [7, 11) is 0. The third-order valence-corrected chi connectivity index (χ3v) is 7.48. The van der Waals surface area contributed by atoms with Crippen molar-refractivity contribution in [2.75, 3.05) is 43.9 Å². The van der Waals surface area contributed by atoms with Crippen LogP contribution in [-0.4, -0.2) is 65.6 Å². The Bertz CT molecular complexity index is 911. The van der Waals surface area contributed by atoms with Crippen LogP contribution in [0.5, 0.6) is 0 Å². The Morgan fingerprint density at radius 1 is 1.28 bits per heavy atom. The van der Waals surface area contributed by atoms with Crippen molar-refractivity contribution in [2.24, 2.45) is 0 Å². The van der Waals surface area contributed by atoms with Crippen molar-refractivity contribution in [3.8, 4) is 0 Å². The van der Waals surface area contributed by atoms with E-state index in [1.807, 2.05) is 13.2 Å². The first kappa shape index (κ1) is 20.7. The highest BCUT2D eigenvalue weighted by molar-refractivity contribution is 7.98. The SMILES string of the molecule is CCOC(=O)N1CCN(c2nc(SC)nc3sc4c(c23)C[C@](C)(CC)OC4)CC1. The zero-order valence-electron chi connectivity index (χ0n) is 17.5. The van der Waals surface area contributed by atoms with Crippen LogP contribution < -0.4 is 4.90 Å². The normalized spacial score (nSPS) is 22.1. The minimum Gasteiger partial charge on any atom is -0.450 e. The first-order chi connectivity index (χ1) is 14.0. The van der Waals surface area contributed by atoms with E-state index in [0.29, 0.717) is 26.3 Å². The summed E-state index contributed by atoms with van der Waals surface area (Å²) < 4.78 is 11.3. The molecule has 7 nitrogen and oxygen atoms in total. The molecule has 2 aromatic heterocycles. The molecule has 1 atom stereocenters. The predicted octanol–water partition coefficient (Wildman–Crippen LogP) is 3.93. The van der Waals surface area contributed by atoms with Crippen LogP contribution in [0.15, 0.2) is 5.16 Å². The fourth-order valence-electron chi connectivity index (χ4n) is 3.90. The smallest absolute Gasteiger partial charge is 0.409 e. The number of ether oxygens (including phenoxy) is 2. The van der Waals surface area contributed by atoms with E-state index in [0.717, 1.165) is 41.7 Å². The number of amides is 1. The molecule has 4 rings (SSSR count). The molecule has 0 saturated carbocycles. The van der Waals surface area contributed by atoms with Crippen molar-refractivity contribution in [2.45, 2.75) is 51.0 Å². The van der Waals surface area contributed by atoms with Crippen LogP contribution >= 0.6 is 23.1 Å². The minimum atomic E-state index is -0.228. The van der Waals surface area contributed by atoms with Gasteiger partial charge in [-0.05, 0) is 32.1 Å². The van der Waals surface area contributed by atoms with Crippen molar-refractivity contribution in [1.82, 2.24) is 14.9 Å². The van der Waals surface area contributed by atoms with Gasteiger partial charge in [0.15, 0.2) is 5.16 Å². The number of fused-ring (bicyclic) bond motifs is 3. The number of hydrogen-bond donors (Lipinski definition) is 0. The maximum atomic E-state index is 12.1. The largest absolute Gasteiger partial charge is 0.450 e. The fourth-order valence-corrected chi connectivity index (χ4v) is 5.41. The summed E-state index contributed by atoms with van der Waals surface area (Å²) in [4.78, 5) is 28.1. The molecule has 1 fully saturated rings. The highest BCUT2D eigenvalue weighted by atomic mass is 32.2. The molecule has 0 bridgehead atoms. The van der Waals surface area contributed by atoms with E-state index in [1.165, 1.54) is 15.8 Å². The van der Waals surface area contributed by atoms with E-state index in [9.17, 15) is 4.79 Å². The van der Waals surface area contributed by atoms with Crippen LogP contribution in [0.2, 0.25) is 0 Å². The molecular formula is C20H28N4O3S2. The van der Waals surface area contributed by atoms with Gasteiger partial charge in [0.2, 0.25) is 0 Å². The molecule has 0 aliphatic carbocycles. The molecule has 0 radical (unpaired) electrons. The van der Waals surface area contributed by atoms with E-state index in [1.54, 1.807) is 28.0 Å². The van der Waals surface area contributed by atoms with E-state index in [4.69, 9.17) is 19.4 Å². The molecular weight excluding hydrogens is 408 g/mol. The standard InChI is InChI=1S/C20H28N4O3S2/c1-5-20(3)11-13-14(12-27-20)29-17-15(13)16(21-18(22-17)28-4)23-7-9-24(10-8-23)19(25)26-6-2/h5-12H2,1-4H3/t20-/m0/s1. The van der Waals surface area contributed by atoms with E-state index in [-0.39, 0.29) is 11.7 Å². The summed E-state index contributed by atoms with van der Waals surface area (Å²) in [6, 6.07) is 0. The second-order valence-electron chi connectivity index (χ2n) is 7.66. The lowest BCUT2D eigenvalue weighted by atomic mass is 9.90. The van der Waals surface area contributed by atoms with E-state index in [2.05, 4.69) is 18.7 Å². The first-order valence-corrected chi connectivity index (χ1v) is 12.2. The van der Waals surface area contributed by atoms with Crippen molar-refractivity contribution in [1.29, 1.82) is 0 Å². The Kier molecular flexibility index (Phi) is 5.90. The van der Waals surface area contributed by atoms with Crippen LogP contribution in [0, 0.1) is 0 Å². The second-order valence-corrected chi connectivity index (χ2v) is 9.52. The number of piperazine rings is 1. The van der Waals surface area contributed by atoms with Gasteiger partial charge < -0.3 is 19.3 Å². The van der Waals surface area contributed by atoms with Crippen LogP contribution in [0.3, 0.4) is 0 Å². The monoisotopic (exact) mass is 436 g/mol. The van der Waals surface area contributed by atoms with Gasteiger partial charge in [0.1, 0.15) is 10.6 Å². The molecule has 29 heavy (non-hydrogen) atoms. The number of carbonyl (C=O) groups excluding carboxylic acids is 1. The van der Waals surface area contributed by atoms with Crippen molar-refractivity contribution in [3.63, 3.8) is 0 Å². The van der Waals surface area contributed by atoms with Gasteiger partial charge >= 0.3 is 6.09 Å². The average Bonchev–Trinajstić information content (AvgIpc) is 3.10. The quantitative estimate of drug-likeness (QED) is 0.531. The highest BCUT2D eigenvalue weighted by Gasteiger charge is 2.34. The van der Waals surface area contributed by atoms with Gasteiger partial charge in [0, 0.05) is 37.5 Å². The first-order valence-electron chi connectivity index (χ1n) is 10.1. The average molecular weight is 437 g/mol. The number of nitrogens with zero attached hydrogens (tertiary/aromatic N) is 4. The molecule has 0 spiro atoms. The number of thioether (sulfide) groups is 1. The third kappa shape index (κ3) is 3.92. The maximum Gasteiger partial charge on any atom is 0.409 e. The number of carbonyl (C=O) groups is 1. The van der Waals surface area contributed by atoms with Crippen LogP contribution in [0.4, 0.5) is 10.6 Å². The van der Waals surface area contributed by atoms with Gasteiger partial charge in [-0.3, -0.25) is 0 Å². The number of thiophene rings is 1. The Labute approximate surface area is 179 Å². The number of anilines is 1. The van der Waals surface area contributed by atoms with Gasteiger partial charge in [-0.25, -0.2) is 14.8 Å². The second kappa shape index (κ2) is 8.28. The van der Waals surface area contributed by atoms with Gasteiger partial charge in [-0.2, -0.15) is 0 Å². The molecule has 9 heteroatoms. The minimum absolute atomic E-state index is 0.140. The molecule has 2 aliphatic rings. The third-order valence-electron chi connectivity index (χ3n) is 5.83. The topological polar surface area (TPSA) is 67.8 Å². The summed E-state index contributed by atoms with van der Waals surface area (Å²) in [6.07, 6.45) is 3.64. The maximum absolute atomic E-state index is 12.1. The van der Waals surface area contributed by atoms with Crippen molar-refractivity contribution < 1.29 is 14.3 Å². The zero-order valence-corrected chi connectivity index (χ0v) is 19.1. The molecule has 1 amide bonds. The Hall–Kier alpha value is -1.58. The Morgan fingerprint density at radius 3 is 2.69 bits per heavy atom. The summed E-state index contributed by atoms with van der Waals surface area (Å²) in [5, 5.41) is 1.97. The Morgan fingerprint density at radius 2 is 2.03 bits per heavy atom. The summed E-state index contributed by atoms with van der Waals surface area (Å²) >= 11 is 3.30. The Balaban J connectivity index is 1.69. The fraction of sp³-hybridized carbons (Fsp3) is 0.650. The molecule has 0 N–H and O–H groups in total. The lowest BCUT2D eigenvalue weighted by Gasteiger charge is -2.36. The van der Waals surface area contributed by atoms with Crippen molar-refractivity contribution in [3.05, 3.63) is 10.4 Å². The number of rotatable bonds is 4. The molecule has 0 unspecified atom stereocenters. The van der Waals surface area contributed by atoms with Crippen LogP contribution in [0.1, 0.15) is 37.6 Å². The lowest BCUT2D eigenvalue weighted by molar-refractivity contribution is -0.0543. The van der Waals surface area contributed by atoms with Gasteiger partial charge in [0.25, 0.3) is 0 Å². The summed E-state index contributed by atoms with van der Waals surface area (Å²) in [5.74, 6) is 1.00. The summed E-state index contributed by atoms with van der Waals surface area (Å²) in [5.41, 5.74) is 1.20. The molecule has 2 aliphatic heterocycles. The molecule has 2 aromatic rings. The summed E-state index contributed by atoms with van der Waals surface area (Å²) in [6.45, 7) is 10.0. The molecule has 4 heterocycles. The molecule has 1 saturated heterocycles. The number of hydrogen-bond acceptors (Lipinski definition) is 8. The van der Waals surface area contributed by atoms with Crippen LogP contribution in [-0.2, 0) is 22.5 Å². The zero-order chi connectivity index (χ0) is 20.6. The van der Waals surface area contributed by atoms with Gasteiger partial charge in [-0.1, -0.05) is 18.7 Å². The van der Waals surface area contributed by atoms with Crippen molar-refractivity contribution >= 4 is 45.2 Å². The molecule has 0 aromatic carbocycles. The highest BCUT2D eigenvalue weighted by Crippen LogP contribution is 2.43. The van der Waals surface area contributed by atoms with Crippen LogP contribution in [0.25, 0.3) is 10.2 Å². The van der Waals surface area contributed by atoms with E-state index >= 15 is 0 Å². The van der Waals surface area contributed by atoms with E-state index < -0.39 is 0 Å². The van der Waals surface area contributed by atoms with Gasteiger partial charge in [-0.15, -0.1) is 11.3 Å². The predicted molar refractivity (Wildman–Crippen MR) is 117 cm³/mol. The van der Waals surface area contributed by atoms with Gasteiger partial charge in [0.05, 0.1) is 24.2 Å².